The third-order valence-corrected chi connectivity index (χ3v) is 5.31. The minimum atomic E-state index is -1.19. The van der Waals surface area contributed by atoms with Gasteiger partial charge >= 0.3 is 5.97 Å². The van der Waals surface area contributed by atoms with E-state index < -0.39 is 5.97 Å². The van der Waals surface area contributed by atoms with E-state index in [-0.39, 0.29) is 16.0 Å². The first-order chi connectivity index (χ1) is 15.4. The van der Waals surface area contributed by atoms with E-state index in [9.17, 15) is 9.90 Å². The highest BCUT2D eigenvalue weighted by molar-refractivity contribution is 8.03. The van der Waals surface area contributed by atoms with Crippen LogP contribution in [0.25, 0.3) is 17.5 Å². The zero-order valence-electron chi connectivity index (χ0n) is 17.5. The number of rotatable bonds is 9. The summed E-state index contributed by atoms with van der Waals surface area (Å²) in [5, 5.41) is 18.1. The van der Waals surface area contributed by atoms with E-state index in [1.165, 1.54) is 34.5 Å². The van der Waals surface area contributed by atoms with Gasteiger partial charge in [-0.25, -0.2) is 4.79 Å². The Kier molecular flexibility index (Phi) is 7.49. The number of hydrogen-bond acceptors (Lipinski definition) is 9. The van der Waals surface area contributed by atoms with Gasteiger partial charge in [-0.15, -0.1) is 10.2 Å². The molecule has 1 N–H and O–H groups in total. The fourth-order valence-corrected chi connectivity index (χ4v) is 3.65. The van der Waals surface area contributed by atoms with Crippen LogP contribution in [0.1, 0.15) is 5.56 Å². The number of benzene rings is 2. The fourth-order valence-electron chi connectivity index (χ4n) is 2.82. The molecule has 0 fully saturated rings. The van der Waals surface area contributed by atoms with Crippen LogP contribution in [0, 0.1) is 0 Å². The fraction of sp³-hybridized carbons (Fsp3) is 0.190. The van der Waals surface area contributed by atoms with E-state index in [1.807, 2.05) is 0 Å². The summed E-state index contributed by atoms with van der Waals surface area (Å²) in [6.07, 6.45) is 1.41. The summed E-state index contributed by atoms with van der Waals surface area (Å²) in [7, 11) is 5.91. The number of nitrogens with zero attached hydrogens (tertiary/aromatic N) is 2. The summed E-state index contributed by atoms with van der Waals surface area (Å²) < 4.78 is 26.9. The van der Waals surface area contributed by atoms with E-state index in [2.05, 4.69) is 10.2 Å². The van der Waals surface area contributed by atoms with Crippen molar-refractivity contribution in [3.8, 4) is 34.5 Å². The first kappa shape index (κ1) is 23.3. The Morgan fingerprint density at radius 1 is 1.00 bits per heavy atom. The summed E-state index contributed by atoms with van der Waals surface area (Å²) in [6.45, 7) is 0. The second-order valence-electron chi connectivity index (χ2n) is 6.06. The molecule has 0 aliphatic carbocycles. The Morgan fingerprint density at radius 3 is 2.31 bits per heavy atom. The highest BCUT2D eigenvalue weighted by Gasteiger charge is 2.20. The number of aliphatic carboxylic acids is 1. The SMILES string of the molecule is COc1ccc(Cl)cc1-c1nnc(S/C(=C\c2ccc(OC)c(OC)c2OC)C(=O)O)o1. The van der Waals surface area contributed by atoms with Crippen LogP contribution in [0.4, 0.5) is 0 Å². The highest BCUT2D eigenvalue weighted by Crippen LogP contribution is 2.42. The van der Waals surface area contributed by atoms with Gasteiger partial charge in [0.25, 0.3) is 11.1 Å². The normalized spacial score (nSPS) is 11.2. The lowest BCUT2D eigenvalue weighted by Crippen LogP contribution is -1.99. The Labute approximate surface area is 192 Å². The largest absolute Gasteiger partial charge is 0.496 e. The van der Waals surface area contributed by atoms with E-state index >= 15 is 0 Å². The van der Waals surface area contributed by atoms with Gasteiger partial charge in [-0.05, 0) is 48.2 Å². The predicted molar refractivity (Wildman–Crippen MR) is 119 cm³/mol. The number of aromatic nitrogens is 2. The molecule has 3 rings (SSSR count). The number of hydrogen-bond donors (Lipinski definition) is 1. The molecule has 3 aromatic rings. The number of carboxylic acid groups (broad SMARTS) is 1. The van der Waals surface area contributed by atoms with Crippen molar-refractivity contribution in [2.24, 2.45) is 0 Å². The van der Waals surface area contributed by atoms with Crippen molar-refractivity contribution >= 4 is 35.4 Å². The predicted octanol–water partition coefficient (Wildman–Crippen LogP) is 4.64. The summed E-state index contributed by atoms with van der Waals surface area (Å²) in [6, 6.07) is 8.25. The van der Waals surface area contributed by atoms with Gasteiger partial charge in [0, 0.05) is 10.6 Å². The number of carbonyl (C=O) groups is 1. The maximum atomic E-state index is 11.9. The van der Waals surface area contributed by atoms with Crippen LogP contribution >= 0.6 is 23.4 Å². The summed E-state index contributed by atoms with van der Waals surface area (Å²) >= 11 is 6.84. The zero-order chi connectivity index (χ0) is 23.3. The van der Waals surface area contributed by atoms with Crippen LogP contribution in [0.3, 0.4) is 0 Å². The van der Waals surface area contributed by atoms with Crippen LogP contribution in [-0.4, -0.2) is 49.7 Å². The molecule has 0 spiro atoms. The first-order valence-electron chi connectivity index (χ1n) is 9.01. The van der Waals surface area contributed by atoms with Crippen LogP contribution in [0.5, 0.6) is 23.0 Å². The van der Waals surface area contributed by atoms with Gasteiger partial charge in [0.2, 0.25) is 5.75 Å². The lowest BCUT2D eigenvalue weighted by atomic mass is 10.1. The maximum absolute atomic E-state index is 11.9. The van der Waals surface area contributed by atoms with Crippen molar-refractivity contribution in [1.29, 1.82) is 0 Å². The molecule has 11 heteroatoms. The van der Waals surface area contributed by atoms with E-state index in [0.717, 1.165) is 11.8 Å². The molecule has 0 atom stereocenters. The van der Waals surface area contributed by atoms with Gasteiger partial charge in [0.05, 0.1) is 34.0 Å². The number of ether oxygens (including phenoxy) is 4. The van der Waals surface area contributed by atoms with Crippen LogP contribution in [0.2, 0.25) is 5.02 Å². The summed E-state index contributed by atoms with van der Waals surface area (Å²) in [4.78, 5) is 11.8. The molecule has 0 aliphatic rings. The number of thioether (sulfide) groups is 1. The molecule has 0 bridgehead atoms. The van der Waals surface area contributed by atoms with Crippen molar-refractivity contribution in [3.05, 3.63) is 45.8 Å². The van der Waals surface area contributed by atoms with Crippen LogP contribution in [0.15, 0.2) is 44.9 Å². The quantitative estimate of drug-likeness (QED) is 0.344. The Balaban J connectivity index is 1.97. The first-order valence-corrected chi connectivity index (χ1v) is 10.2. The van der Waals surface area contributed by atoms with Gasteiger partial charge in [0.15, 0.2) is 11.5 Å². The average molecular weight is 479 g/mol. The van der Waals surface area contributed by atoms with Crippen molar-refractivity contribution in [1.82, 2.24) is 10.2 Å². The monoisotopic (exact) mass is 478 g/mol. The van der Waals surface area contributed by atoms with E-state index in [1.54, 1.807) is 30.3 Å². The van der Waals surface area contributed by atoms with Gasteiger partial charge in [-0.1, -0.05) is 11.6 Å². The molecule has 0 amide bonds. The molecule has 0 saturated carbocycles. The molecule has 0 unspecified atom stereocenters. The standard InChI is InChI=1S/C21H19ClN2O7S/c1-27-14-8-6-12(22)10-13(14)19-23-24-21(31-19)32-16(20(25)26)9-11-5-7-15(28-2)18(30-4)17(11)29-3/h5-10H,1-4H3,(H,25,26)/b16-9-. The van der Waals surface area contributed by atoms with Crippen LogP contribution < -0.4 is 18.9 Å². The number of carboxylic acids is 1. The van der Waals surface area contributed by atoms with Gasteiger partial charge in [-0.3, -0.25) is 0 Å². The minimum absolute atomic E-state index is 0.0233. The van der Waals surface area contributed by atoms with Crippen molar-refractivity contribution in [2.45, 2.75) is 5.22 Å². The molecule has 1 aromatic heterocycles. The van der Waals surface area contributed by atoms with Crippen molar-refractivity contribution in [3.63, 3.8) is 0 Å². The second-order valence-corrected chi connectivity index (χ2v) is 7.49. The average Bonchev–Trinajstić information content (AvgIpc) is 3.26. The molecule has 0 aliphatic heterocycles. The summed E-state index contributed by atoms with van der Waals surface area (Å²) in [5.74, 6) is 0.543. The smallest absolute Gasteiger partial charge is 0.342 e. The highest BCUT2D eigenvalue weighted by atomic mass is 35.5. The maximum Gasteiger partial charge on any atom is 0.342 e. The number of methoxy groups -OCH3 is 4. The molecular weight excluding hydrogens is 460 g/mol. The lowest BCUT2D eigenvalue weighted by molar-refractivity contribution is -0.131. The van der Waals surface area contributed by atoms with Crippen molar-refractivity contribution < 1.29 is 33.3 Å². The van der Waals surface area contributed by atoms with Crippen molar-refractivity contribution in [2.75, 3.05) is 28.4 Å². The number of halogens is 1. The molecule has 0 radical (unpaired) electrons. The molecular formula is C21H19ClN2O7S. The summed E-state index contributed by atoms with van der Waals surface area (Å²) in [5.41, 5.74) is 0.952. The van der Waals surface area contributed by atoms with Crippen LogP contribution in [-0.2, 0) is 4.79 Å². The molecule has 168 valence electrons. The third-order valence-electron chi connectivity index (χ3n) is 4.23. The van der Waals surface area contributed by atoms with E-state index in [4.69, 9.17) is 35.0 Å². The lowest BCUT2D eigenvalue weighted by Gasteiger charge is -2.14. The van der Waals surface area contributed by atoms with Gasteiger partial charge < -0.3 is 28.5 Å². The molecule has 9 nitrogen and oxygen atoms in total. The third kappa shape index (κ3) is 4.92. The Morgan fingerprint density at radius 2 is 1.69 bits per heavy atom. The topological polar surface area (TPSA) is 113 Å². The van der Waals surface area contributed by atoms with Gasteiger partial charge in [-0.2, -0.15) is 0 Å². The second kappa shape index (κ2) is 10.3. The molecule has 2 aromatic carbocycles. The van der Waals surface area contributed by atoms with Gasteiger partial charge in [0.1, 0.15) is 10.7 Å². The Bertz CT molecular complexity index is 1160. The Hall–Kier alpha value is -3.37. The molecule has 0 saturated heterocycles. The molecule has 32 heavy (non-hydrogen) atoms. The minimum Gasteiger partial charge on any atom is -0.496 e. The molecule has 1 heterocycles. The zero-order valence-corrected chi connectivity index (χ0v) is 19.1. The van der Waals surface area contributed by atoms with E-state index in [0.29, 0.717) is 39.1 Å².